The lowest BCUT2D eigenvalue weighted by atomic mass is 9.93. The second-order valence-electron chi connectivity index (χ2n) is 5.41. The number of benzene rings is 1. The number of rotatable bonds is 3. The van der Waals surface area contributed by atoms with Crippen LogP contribution in [-0.2, 0) is 11.3 Å². The molecule has 1 aromatic carbocycles. The van der Waals surface area contributed by atoms with Crippen LogP contribution in [0.2, 0.25) is 0 Å². The third kappa shape index (κ3) is 3.77. The Balaban J connectivity index is 2.00. The van der Waals surface area contributed by atoms with Gasteiger partial charge in [0.1, 0.15) is 6.17 Å². The minimum absolute atomic E-state index is 0.0608. The zero-order chi connectivity index (χ0) is 13.8. The number of halogens is 1. The lowest BCUT2D eigenvalue weighted by Crippen LogP contribution is -2.56. The summed E-state index contributed by atoms with van der Waals surface area (Å²) in [6.45, 7) is 5.43. The highest BCUT2D eigenvalue weighted by molar-refractivity contribution is 5.73. The largest absolute Gasteiger partial charge is 0.349 e. The van der Waals surface area contributed by atoms with Crippen molar-refractivity contribution in [3.8, 4) is 0 Å². The minimum Gasteiger partial charge on any atom is -0.349 e. The van der Waals surface area contributed by atoms with Gasteiger partial charge in [0.25, 0.3) is 0 Å². The Kier molecular flexibility index (Phi) is 4.53. The molecular formula is C15H21FN2O. The van der Waals surface area contributed by atoms with Crippen LogP contribution in [0.15, 0.2) is 30.3 Å². The van der Waals surface area contributed by atoms with Gasteiger partial charge in [-0.25, -0.2) is 4.39 Å². The van der Waals surface area contributed by atoms with Gasteiger partial charge >= 0.3 is 0 Å². The first-order valence-electron chi connectivity index (χ1n) is 6.73. The number of nitrogens with one attached hydrogen (secondary N) is 1. The maximum atomic E-state index is 14.1. The van der Waals surface area contributed by atoms with Crippen molar-refractivity contribution in [3.05, 3.63) is 35.9 Å². The number of alkyl halides is 1. The Morgan fingerprint density at radius 1 is 1.37 bits per heavy atom. The van der Waals surface area contributed by atoms with E-state index in [2.05, 4.69) is 22.3 Å². The second-order valence-corrected chi connectivity index (χ2v) is 5.41. The molecule has 0 aromatic heterocycles. The molecule has 1 aromatic rings. The molecule has 1 N–H and O–H groups in total. The molecule has 1 saturated heterocycles. The van der Waals surface area contributed by atoms with Crippen molar-refractivity contribution in [2.75, 3.05) is 13.1 Å². The standard InChI is InChI=1S/C15H21FN2O/c1-11-8-18(9-13-6-4-3-5-7-13)10-14(15(11)16)17-12(2)19/h3-7,11,14-15H,8-10H2,1-2H3,(H,17,19)/t11-,14+,15+/m1/s1. The highest BCUT2D eigenvalue weighted by atomic mass is 19.1. The fraction of sp³-hybridized carbons (Fsp3) is 0.533. The summed E-state index contributed by atoms with van der Waals surface area (Å²) in [5, 5.41) is 2.72. The van der Waals surface area contributed by atoms with Crippen LogP contribution in [0.25, 0.3) is 0 Å². The highest BCUT2D eigenvalue weighted by Gasteiger charge is 2.34. The topological polar surface area (TPSA) is 32.3 Å². The first kappa shape index (κ1) is 14.0. The predicted molar refractivity (Wildman–Crippen MR) is 73.4 cm³/mol. The molecule has 3 atom stereocenters. The van der Waals surface area contributed by atoms with Crippen molar-refractivity contribution in [3.63, 3.8) is 0 Å². The van der Waals surface area contributed by atoms with E-state index in [1.54, 1.807) is 0 Å². The SMILES string of the molecule is CC(=O)N[C@H]1CN(Cc2ccccc2)C[C@@H](C)[C@@H]1F. The van der Waals surface area contributed by atoms with E-state index in [0.29, 0.717) is 6.54 Å². The smallest absolute Gasteiger partial charge is 0.217 e. The summed E-state index contributed by atoms with van der Waals surface area (Å²) in [5.41, 5.74) is 1.22. The average Bonchev–Trinajstić information content (AvgIpc) is 2.36. The van der Waals surface area contributed by atoms with Gasteiger partial charge in [-0.1, -0.05) is 37.3 Å². The molecule has 2 rings (SSSR count). The maximum absolute atomic E-state index is 14.1. The lowest BCUT2D eigenvalue weighted by Gasteiger charge is -2.39. The number of hydrogen-bond acceptors (Lipinski definition) is 2. The van der Waals surface area contributed by atoms with Crippen LogP contribution < -0.4 is 5.32 Å². The number of amides is 1. The highest BCUT2D eigenvalue weighted by Crippen LogP contribution is 2.22. The van der Waals surface area contributed by atoms with Crippen LogP contribution in [0.3, 0.4) is 0 Å². The summed E-state index contributed by atoms with van der Waals surface area (Å²) in [6, 6.07) is 9.74. The van der Waals surface area contributed by atoms with Gasteiger partial charge in [-0.2, -0.15) is 0 Å². The number of hydrogen-bond donors (Lipinski definition) is 1. The van der Waals surface area contributed by atoms with Crippen LogP contribution in [-0.4, -0.2) is 36.1 Å². The molecule has 1 heterocycles. The van der Waals surface area contributed by atoms with Gasteiger partial charge in [-0.15, -0.1) is 0 Å². The van der Waals surface area contributed by atoms with Crippen molar-refractivity contribution < 1.29 is 9.18 Å². The van der Waals surface area contributed by atoms with Crippen LogP contribution in [0, 0.1) is 5.92 Å². The van der Waals surface area contributed by atoms with E-state index >= 15 is 0 Å². The van der Waals surface area contributed by atoms with Gasteiger partial charge in [-0.05, 0) is 5.56 Å². The summed E-state index contributed by atoms with van der Waals surface area (Å²) >= 11 is 0. The summed E-state index contributed by atoms with van der Waals surface area (Å²) in [6.07, 6.45) is -0.962. The predicted octanol–water partition coefficient (Wildman–Crippen LogP) is 1.98. The van der Waals surface area contributed by atoms with Gasteiger partial charge in [-0.3, -0.25) is 9.69 Å². The van der Waals surface area contributed by atoms with Crippen molar-refractivity contribution in [2.24, 2.45) is 5.92 Å². The van der Waals surface area contributed by atoms with E-state index in [0.717, 1.165) is 13.1 Å². The van der Waals surface area contributed by atoms with E-state index in [1.165, 1.54) is 12.5 Å². The molecule has 0 radical (unpaired) electrons. The second kappa shape index (κ2) is 6.15. The normalized spacial score (nSPS) is 28.1. The molecule has 0 bridgehead atoms. The van der Waals surface area contributed by atoms with Crippen molar-refractivity contribution in [1.82, 2.24) is 10.2 Å². The first-order chi connectivity index (χ1) is 9.06. The molecule has 104 valence electrons. The molecule has 0 saturated carbocycles. The third-order valence-corrected chi connectivity index (χ3v) is 3.57. The van der Waals surface area contributed by atoms with Crippen molar-refractivity contribution >= 4 is 5.91 Å². The zero-order valence-corrected chi connectivity index (χ0v) is 11.5. The Bertz CT molecular complexity index is 423. The fourth-order valence-electron chi connectivity index (χ4n) is 2.72. The minimum atomic E-state index is -0.962. The Hall–Kier alpha value is -1.42. The number of carbonyl (C=O) groups is 1. The zero-order valence-electron chi connectivity index (χ0n) is 11.5. The number of likely N-dealkylation sites (tertiary alicyclic amines) is 1. The molecule has 0 spiro atoms. The van der Waals surface area contributed by atoms with E-state index in [9.17, 15) is 9.18 Å². The molecule has 19 heavy (non-hydrogen) atoms. The monoisotopic (exact) mass is 264 g/mol. The van der Waals surface area contributed by atoms with Crippen molar-refractivity contribution in [2.45, 2.75) is 32.6 Å². The summed E-state index contributed by atoms with van der Waals surface area (Å²) in [5.74, 6) is -0.226. The Labute approximate surface area is 113 Å². The van der Waals surface area contributed by atoms with E-state index in [-0.39, 0.29) is 11.8 Å². The van der Waals surface area contributed by atoms with Crippen LogP contribution in [0.1, 0.15) is 19.4 Å². The van der Waals surface area contributed by atoms with E-state index in [1.807, 2.05) is 25.1 Å². The lowest BCUT2D eigenvalue weighted by molar-refractivity contribution is -0.121. The van der Waals surface area contributed by atoms with Gasteiger partial charge < -0.3 is 5.32 Å². The molecule has 1 fully saturated rings. The fourth-order valence-corrected chi connectivity index (χ4v) is 2.72. The molecule has 0 unspecified atom stereocenters. The van der Waals surface area contributed by atoms with Gasteiger partial charge in [0.15, 0.2) is 0 Å². The Morgan fingerprint density at radius 3 is 2.68 bits per heavy atom. The number of carbonyl (C=O) groups excluding carboxylic acids is 1. The average molecular weight is 264 g/mol. The number of nitrogens with zero attached hydrogens (tertiary/aromatic N) is 1. The van der Waals surface area contributed by atoms with Crippen LogP contribution >= 0.6 is 0 Å². The van der Waals surface area contributed by atoms with Gasteiger partial charge in [0.05, 0.1) is 6.04 Å². The summed E-state index contributed by atoms with van der Waals surface area (Å²) in [7, 11) is 0. The van der Waals surface area contributed by atoms with E-state index in [4.69, 9.17) is 0 Å². The van der Waals surface area contributed by atoms with Crippen molar-refractivity contribution in [1.29, 1.82) is 0 Å². The molecule has 1 aliphatic heterocycles. The number of piperidine rings is 1. The van der Waals surface area contributed by atoms with E-state index < -0.39 is 12.2 Å². The molecule has 3 nitrogen and oxygen atoms in total. The summed E-state index contributed by atoms with van der Waals surface area (Å²) in [4.78, 5) is 13.3. The summed E-state index contributed by atoms with van der Waals surface area (Å²) < 4.78 is 14.1. The maximum Gasteiger partial charge on any atom is 0.217 e. The molecule has 4 heteroatoms. The molecule has 1 aliphatic rings. The third-order valence-electron chi connectivity index (χ3n) is 3.57. The molecule has 0 aliphatic carbocycles. The quantitative estimate of drug-likeness (QED) is 0.905. The molecule has 1 amide bonds. The van der Waals surface area contributed by atoms with Gasteiger partial charge in [0, 0.05) is 32.5 Å². The Morgan fingerprint density at radius 2 is 2.05 bits per heavy atom. The van der Waals surface area contributed by atoms with Gasteiger partial charge in [0.2, 0.25) is 5.91 Å². The van der Waals surface area contributed by atoms with Crippen LogP contribution in [0.5, 0.6) is 0 Å². The van der Waals surface area contributed by atoms with Crippen LogP contribution in [0.4, 0.5) is 4.39 Å². The molecular weight excluding hydrogens is 243 g/mol. The first-order valence-corrected chi connectivity index (χ1v) is 6.73.